The molecule has 6 heteroatoms. The maximum atomic E-state index is 5.18. The van der Waals surface area contributed by atoms with Crippen molar-refractivity contribution in [3.63, 3.8) is 0 Å². The number of aliphatic imine (C=N–C) groups is 1. The second-order valence-corrected chi connectivity index (χ2v) is 5.84. The van der Waals surface area contributed by atoms with Gasteiger partial charge in [0.2, 0.25) is 0 Å². The number of benzene rings is 1. The summed E-state index contributed by atoms with van der Waals surface area (Å²) in [6.45, 7) is 9.71. The van der Waals surface area contributed by atoms with Crippen LogP contribution >= 0.6 is 24.0 Å². The van der Waals surface area contributed by atoms with E-state index in [0.29, 0.717) is 0 Å². The summed E-state index contributed by atoms with van der Waals surface area (Å²) in [5.74, 6) is 1.69. The summed E-state index contributed by atoms with van der Waals surface area (Å²) < 4.78 is 5.18. The molecular weight excluding hydrogens is 415 g/mol. The van der Waals surface area contributed by atoms with Crippen LogP contribution in [-0.2, 0) is 13.0 Å². The van der Waals surface area contributed by atoms with Gasteiger partial charge in [0, 0.05) is 25.7 Å². The van der Waals surface area contributed by atoms with Gasteiger partial charge in [-0.2, -0.15) is 0 Å². The Labute approximate surface area is 161 Å². The van der Waals surface area contributed by atoms with E-state index < -0.39 is 0 Å². The number of rotatable bonds is 5. The minimum Gasteiger partial charge on any atom is -0.361 e. The summed E-state index contributed by atoms with van der Waals surface area (Å²) in [6.07, 6.45) is 0.866. The van der Waals surface area contributed by atoms with Gasteiger partial charge in [-0.15, -0.1) is 24.0 Å². The predicted octanol–water partition coefficient (Wildman–Crippen LogP) is 3.43. The molecule has 1 aromatic carbocycles. The zero-order chi connectivity index (χ0) is 16.8. The highest BCUT2D eigenvalue weighted by atomic mass is 127. The lowest BCUT2D eigenvalue weighted by molar-refractivity contribution is 0.392. The minimum atomic E-state index is 0. The minimum absolute atomic E-state index is 0. The smallest absolute Gasteiger partial charge is 0.191 e. The summed E-state index contributed by atoms with van der Waals surface area (Å²) in [5.41, 5.74) is 5.99. The molecule has 132 valence electrons. The van der Waals surface area contributed by atoms with Gasteiger partial charge in [-0.3, -0.25) is 4.99 Å². The van der Waals surface area contributed by atoms with Crippen molar-refractivity contribution >= 4 is 29.9 Å². The largest absolute Gasteiger partial charge is 0.361 e. The Morgan fingerprint density at radius 1 is 1.17 bits per heavy atom. The molecule has 0 atom stereocenters. The van der Waals surface area contributed by atoms with Crippen molar-refractivity contribution in [2.75, 3.05) is 13.6 Å². The molecule has 0 aliphatic rings. The molecule has 0 radical (unpaired) electrons. The number of nitrogens with one attached hydrogen (secondary N) is 2. The summed E-state index contributed by atoms with van der Waals surface area (Å²) in [4.78, 5) is 4.27. The molecule has 1 heterocycles. The average molecular weight is 442 g/mol. The van der Waals surface area contributed by atoms with Crippen molar-refractivity contribution in [3.05, 3.63) is 51.9 Å². The first-order chi connectivity index (χ1) is 11.0. The molecule has 2 aromatic rings. The molecule has 0 spiro atoms. The summed E-state index contributed by atoms with van der Waals surface area (Å²) >= 11 is 0. The molecule has 0 unspecified atom stereocenters. The lowest BCUT2D eigenvalue weighted by Crippen LogP contribution is -2.38. The molecule has 1 aromatic heterocycles. The third-order valence-corrected chi connectivity index (χ3v) is 4.02. The Kier molecular flexibility index (Phi) is 8.24. The van der Waals surface area contributed by atoms with Gasteiger partial charge in [-0.25, -0.2) is 0 Å². The van der Waals surface area contributed by atoms with E-state index in [1.165, 1.54) is 22.3 Å². The zero-order valence-corrected chi connectivity index (χ0v) is 17.4. The van der Waals surface area contributed by atoms with Crippen LogP contribution in [0, 0.1) is 27.7 Å². The predicted molar refractivity (Wildman–Crippen MR) is 109 cm³/mol. The van der Waals surface area contributed by atoms with Gasteiger partial charge in [0.1, 0.15) is 5.76 Å². The van der Waals surface area contributed by atoms with Gasteiger partial charge in [-0.05, 0) is 45.2 Å². The maximum Gasteiger partial charge on any atom is 0.191 e. The van der Waals surface area contributed by atoms with Crippen LogP contribution in [0.5, 0.6) is 0 Å². The molecule has 5 nitrogen and oxygen atoms in total. The first-order valence-corrected chi connectivity index (χ1v) is 7.93. The van der Waals surface area contributed by atoms with Gasteiger partial charge in [0.15, 0.2) is 5.96 Å². The standard InChI is InChI=1S/C18H26N4O.HI/c1-12-6-7-16(13(2)10-12)11-21-18(19-5)20-9-8-17-14(3)22-23-15(17)4;/h6-7,10H,8-9,11H2,1-5H3,(H2,19,20,21);1H. The number of hydrogen-bond acceptors (Lipinski definition) is 3. The molecule has 0 fully saturated rings. The number of halogens is 1. The Morgan fingerprint density at radius 3 is 2.50 bits per heavy atom. The van der Waals surface area contributed by atoms with Crippen molar-refractivity contribution in [1.29, 1.82) is 0 Å². The van der Waals surface area contributed by atoms with E-state index in [1.807, 2.05) is 13.8 Å². The van der Waals surface area contributed by atoms with Crippen molar-refractivity contribution in [2.24, 2.45) is 4.99 Å². The van der Waals surface area contributed by atoms with Crippen LogP contribution < -0.4 is 10.6 Å². The normalized spacial score (nSPS) is 11.1. The summed E-state index contributed by atoms with van der Waals surface area (Å²) in [6, 6.07) is 6.50. The monoisotopic (exact) mass is 442 g/mol. The molecule has 0 saturated carbocycles. The van der Waals surface area contributed by atoms with Crippen LogP contribution in [0.1, 0.15) is 33.7 Å². The number of aryl methyl sites for hydroxylation is 4. The van der Waals surface area contributed by atoms with E-state index in [1.54, 1.807) is 7.05 Å². The van der Waals surface area contributed by atoms with Crippen LogP contribution in [0.4, 0.5) is 0 Å². The SMILES string of the molecule is CN=C(NCCc1c(C)noc1C)NCc1ccc(C)cc1C.I. The second-order valence-electron chi connectivity index (χ2n) is 5.84. The van der Waals surface area contributed by atoms with E-state index in [-0.39, 0.29) is 24.0 Å². The van der Waals surface area contributed by atoms with Gasteiger partial charge in [-0.1, -0.05) is 28.9 Å². The Morgan fingerprint density at radius 2 is 1.92 bits per heavy atom. The first-order valence-electron chi connectivity index (χ1n) is 7.93. The Hall–Kier alpha value is -1.57. The fourth-order valence-corrected chi connectivity index (χ4v) is 2.61. The van der Waals surface area contributed by atoms with Crippen LogP contribution in [0.15, 0.2) is 27.7 Å². The van der Waals surface area contributed by atoms with E-state index in [4.69, 9.17) is 4.52 Å². The first kappa shape index (κ1) is 20.5. The van der Waals surface area contributed by atoms with Gasteiger partial charge in [0.05, 0.1) is 5.69 Å². The Balaban J connectivity index is 0.00000288. The second kappa shape index (κ2) is 9.66. The quantitative estimate of drug-likeness (QED) is 0.423. The highest BCUT2D eigenvalue weighted by molar-refractivity contribution is 14.0. The highest BCUT2D eigenvalue weighted by Crippen LogP contribution is 2.12. The fourth-order valence-electron chi connectivity index (χ4n) is 2.61. The van der Waals surface area contributed by atoms with E-state index in [0.717, 1.165) is 36.9 Å². The molecule has 0 bridgehead atoms. The number of guanidine groups is 1. The fraction of sp³-hybridized carbons (Fsp3) is 0.444. The third-order valence-electron chi connectivity index (χ3n) is 4.02. The lowest BCUT2D eigenvalue weighted by atomic mass is 10.1. The van der Waals surface area contributed by atoms with E-state index in [9.17, 15) is 0 Å². The molecule has 0 aliphatic heterocycles. The number of aromatic nitrogens is 1. The summed E-state index contributed by atoms with van der Waals surface area (Å²) in [5, 5.41) is 10.7. The molecule has 2 rings (SSSR count). The molecule has 0 aliphatic carbocycles. The van der Waals surface area contributed by atoms with E-state index in [2.05, 4.69) is 52.8 Å². The average Bonchev–Trinajstić information content (AvgIpc) is 2.83. The van der Waals surface area contributed by atoms with Crippen molar-refractivity contribution in [1.82, 2.24) is 15.8 Å². The van der Waals surface area contributed by atoms with Crippen LogP contribution in [0.25, 0.3) is 0 Å². The van der Waals surface area contributed by atoms with Crippen LogP contribution in [0.2, 0.25) is 0 Å². The lowest BCUT2D eigenvalue weighted by Gasteiger charge is -2.13. The van der Waals surface area contributed by atoms with Gasteiger partial charge < -0.3 is 15.2 Å². The molecular formula is C18H27IN4O. The molecule has 24 heavy (non-hydrogen) atoms. The summed E-state index contributed by atoms with van der Waals surface area (Å²) in [7, 11) is 1.78. The van der Waals surface area contributed by atoms with Crippen molar-refractivity contribution in [3.8, 4) is 0 Å². The van der Waals surface area contributed by atoms with Crippen LogP contribution in [0.3, 0.4) is 0 Å². The third kappa shape index (κ3) is 5.51. The van der Waals surface area contributed by atoms with E-state index >= 15 is 0 Å². The van der Waals surface area contributed by atoms with Crippen molar-refractivity contribution < 1.29 is 4.52 Å². The number of nitrogens with zero attached hydrogens (tertiary/aromatic N) is 2. The topological polar surface area (TPSA) is 62.5 Å². The zero-order valence-electron chi connectivity index (χ0n) is 15.1. The maximum absolute atomic E-state index is 5.18. The van der Waals surface area contributed by atoms with Crippen molar-refractivity contribution in [2.45, 2.75) is 40.7 Å². The molecule has 0 amide bonds. The molecule has 2 N–H and O–H groups in total. The Bertz CT molecular complexity index is 675. The van der Waals surface area contributed by atoms with Gasteiger partial charge >= 0.3 is 0 Å². The highest BCUT2D eigenvalue weighted by Gasteiger charge is 2.08. The van der Waals surface area contributed by atoms with Gasteiger partial charge in [0.25, 0.3) is 0 Å². The number of hydrogen-bond donors (Lipinski definition) is 2. The van der Waals surface area contributed by atoms with Crippen LogP contribution in [-0.4, -0.2) is 24.7 Å². The molecule has 0 saturated heterocycles.